The van der Waals surface area contributed by atoms with Gasteiger partial charge in [0.05, 0.1) is 6.04 Å². The summed E-state index contributed by atoms with van der Waals surface area (Å²) in [5, 5.41) is 7.44. The van der Waals surface area contributed by atoms with Gasteiger partial charge < -0.3 is 9.32 Å². The van der Waals surface area contributed by atoms with Crippen molar-refractivity contribution in [1.29, 1.82) is 0 Å². The van der Waals surface area contributed by atoms with Gasteiger partial charge in [-0.15, -0.1) is 11.3 Å². The maximum absolute atomic E-state index is 6.29. The van der Waals surface area contributed by atoms with Crippen LogP contribution in [-0.4, -0.2) is 6.04 Å². The van der Waals surface area contributed by atoms with Gasteiger partial charge in [-0.2, -0.15) is 0 Å². The quantitative estimate of drug-likeness (QED) is 0.169. The number of benzene rings is 8. The zero-order valence-electron chi connectivity index (χ0n) is 30.9. The van der Waals surface area contributed by atoms with Crippen LogP contribution in [0.3, 0.4) is 0 Å². The van der Waals surface area contributed by atoms with Crippen LogP contribution in [0.2, 0.25) is 0 Å². The molecule has 1 aliphatic rings. The Morgan fingerprint density at radius 2 is 1.16 bits per heavy atom. The molecular weight excluding hydrogens is 699 g/mol. The first-order valence-corrected chi connectivity index (χ1v) is 20.2. The van der Waals surface area contributed by atoms with E-state index in [-0.39, 0.29) is 12.0 Å². The molecule has 0 fully saturated rings. The van der Waals surface area contributed by atoms with Gasteiger partial charge in [0, 0.05) is 42.3 Å². The van der Waals surface area contributed by atoms with Crippen molar-refractivity contribution in [3.8, 4) is 22.3 Å². The van der Waals surface area contributed by atoms with Crippen molar-refractivity contribution in [2.24, 2.45) is 5.92 Å². The molecule has 0 aliphatic heterocycles. The molecule has 3 heteroatoms. The number of nitrogens with zero attached hydrogens (tertiary/aromatic N) is 1. The molecule has 0 spiro atoms. The van der Waals surface area contributed by atoms with E-state index < -0.39 is 0 Å². The standard InChI is InChI=1S/C53H37NOS/c1-34-30-39(44-22-11-23-47-46-20-5-7-25-52(46)56-53(44)47)26-28-49(34)54(41-27-29-51-48(33-41)45-19-4-6-24-50(45)55-51)40-17-9-15-37(32-40)36-14-8-16-38(31-36)43-21-10-13-35-12-2-3-18-42(35)43/h2-34,49H,1H3. The minimum Gasteiger partial charge on any atom is -0.456 e. The summed E-state index contributed by atoms with van der Waals surface area (Å²) in [6, 6.07) is 63.8. The smallest absolute Gasteiger partial charge is 0.135 e. The van der Waals surface area contributed by atoms with Crippen molar-refractivity contribution in [2.75, 3.05) is 4.90 Å². The van der Waals surface area contributed by atoms with Gasteiger partial charge in [-0.05, 0) is 98.6 Å². The molecule has 2 nitrogen and oxygen atoms in total. The average Bonchev–Trinajstić information content (AvgIpc) is 3.83. The number of thiophene rings is 1. The third-order valence-electron chi connectivity index (χ3n) is 11.5. The highest BCUT2D eigenvalue weighted by Crippen LogP contribution is 2.43. The fourth-order valence-corrected chi connectivity index (χ4v) is 10.1. The van der Waals surface area contributed by atoms with Crippen LogP contribution < -0.4 is 4.90 Å². The van der Waals surface area contributed by atoms with Gasteiger partial charge >= 0.3 is 0 Å². The van der Waals surface area contributed by atoms with E-state index >= 15 is 0 Å². The SMILES string of the molecule is CC1C=C(c2cccc3c2sc2ccccc23)C=CC1N(c1cccc(-c2cccc(-c3cccc4ccccc34)c2)c1)c1ccc2oc3ccccc3c2c1. The fourth-order valence-electron chi connectivity index (χ4n) is 8.83. The Morgan fingerprint density at radius 1 is 0.500 bits per heavy atom. The summed E-state index contributed by atoms with van der Waals surface area (Å²) in [6.45, 7) is 2.36. The zero-order chi connectivity index (χ0) is 37.2. The van der Waals surface area contributed by atoms with Crippen molar-refractivity contribution in [3.05, 3.63) is 200 Å². The highest BCUT2D eigenvalue weighted by atomic mass is 32.1. The molecule has 56 heavy (non-hydrogen) atoms. The number of allylic oxidation sites excluding steroid dienone is 2. The summed E-state index contributed by atoms with van der Waals surface area (Å²) in [7, 11) is 0. The fraction of sp³-hybridized carbons (Fsp3) is 0.0566. The van der Waals surface area contributed by atoms with Crippen molar-refractivity contribution in [3.63, 3.8) is 0 Å². The average molecular weight is 736 g/mol. The number of hydrogen-bond acceptors (Lipinski definition) is 3. The minimum atomic E-state index is 0.0771. The molecule has 10 aromatic rings. The van der Waals surface area contributed by atoms with E-state index in [1.807, 2.05) is 17.4 Å². The molecule has 0 amide bonds. The predicted octanol–water partition coefficient (Wildman–Crippen LogP) is 15.2. The second-order valence-corrected chi connectivity index (χ2v) is 16.0. The van der Waals surface area contributed by atoms with E-state index in [1.165, 1.54) is 64.3 Å². The Morgan fingerprint density at radius 3 is 2.07 bits per heavy atom. The molecule has 8 aromatic carbocycles. The van der Waals surface area contributed by atoms with E-state index in [2.05, 4.69) is 200 Å². The summed E-state index contributed by atoms with van der Waals surface area (Å²) in [6.07, 6.45) is 7.23. The number of hydrogen-bond donors (Lipinski definition) is 0. The predicted molar refractivity (Wildman–Crippen MR) is 240 cm³/mol. The first kappa shape index (κ1) is 32.7. The molecule has 0 radical (unpaired) electrons. The molecule has 0 N–H and O–H groups in total. The third kappa shape index (κ3) is 5.46. The molecule has 2 atom stereocenters. The second kappa shape index (κ2) is 13.3. The molecule has 0 saturated carbocycles. The lowest BCUT2D eigenvalue weighted by atomic mass is 9.87. The molecule has 0 saturated heterocycles. The molecule has 11 rings (SSSR count). The Kier molecular flexibility index (Phi) is 7.75. The van der Waals surface area contributed by atoms with Crippen molar-refractivity contribution >= 4 is 81.2 Å². The lowest BCUT2D eigenvalue weighted by molar-refractivity contribution is 0.611. The van der Waals surface area contributed by atoms with Crippen molar-refractivity contribution < 1.29 is 4.42 Å². The zero-order valence-corrected chi connectivity index (χ0v) is 31.7. The number of rotatable bonds is 6. The maximum atomic E-state index is 6.29. The van der Waals surface area contributed by atoms with Crippen LogP contribution in [-0.2, 0) is 0 Å². The first-order chi connectivity index (χ1) is 27.7. The van der Waals surface area contributed by atoms with E-state index in [0.717, 1.165) is 33.3 Å². The number of anilines is 2. The topological polar surface area (TPSA) is 16.4 Å². The number of para-hydroxylation sites is 1. The molecular formula is C53H37NOS. The van der Waals surface area contributed by atoms with Gasteiger partial charge in [-0.3, -0.25) is 0 Å². The number of furan rings is 1. The molecule has 266 valence electrons. The highest BCUT2D eigenvalue weighted by molar-refractivity contribution is 7.26. The van der Waals surface area contributed by atoms with Crippen LogP contribution >= 0.6 is 11.3 Å². The first-order valence-electron chi connectivity index (χ1n) is 19.4. The van der Waals surface area contributed by atoms with Gasteiger partial charge in [-0.25, -0.2) is 0 Å². The molecule has 2 unspecified atom stereocenters. The minimum absolute atomic E-state index is 0.0771. The van der Waals surface area contributed by atoms with Gasteiger partial charge in [0.15, 0.2) is 0 Å². The maximum Gasteiger partial charge on any atom is 0.135 e. The normalized spacial score (nSPS) is 15.6. The van der Waals surface area contributed by atoms with Crippen molar-refractivity contribution in [2.45, 2.75) is 13.0 Å². The highest BCUT2D eigenvalue weighted by Gasteiger charge is 2.28. The summed E-state index contributed by atoms with van der Waals surface area (Å²) >= 11 is 1.89. The largest absolute Gasteiger partial charge is 0.456 e. The Hall–Kier alpha value is -6.68. The number of fused-ring (bicyclic) bond motifs is 7. The molecule has 0 bridgehead atoms. The van der Waals surface area contributed by atoms with E-state index in [0.29, 0.717) is 0 Å². The van der Waals surface area contributed by atoms with Crippen LogP contribution in [0.1, 0.15) is 12.5 Å². The van der Waals surface area contributed by atoms with E-state index in [9.17, 15) is 0 Å². The Labute approximate surface area is 329 Å². The molecule has 2 heterocycles. The van der Waals surface area contributed by atoms with Gasteiger partial charge in [-0.1, -0.05) is 153 Å². The van der Waals surface area contributed by atoms with Crippen LogP contribution in [0.15, 0.2) is 199 Å². The summed E-state index contributed by atoms with van der Waals surface area (Å²) < 4.78 is 8.97. The van der Waals surface area contributed by atoms with Crippen LogP contribution in [0.5, 0.6) is 0 Å². The van der Waals surface area contributed by atoms with Gasteiger partial charge in [0.2, 0.25) is 0 Å². The Bertz CT molecular complexity index is 3190. The second-order valence-electron chi connectivity index (χ2n) is 14.9. The van der Waals surface area contributed by atoms with Crippen molar-refractivity contribution in [1.82, 2.24) is 0 Å². The van der Waals surface area contributed by atoms with Gasteiger partial charge in [0.25, 0.3) is 0 Å². The van der Waals surface area contributed by atoms with Crippen LogP contribution in [0.25, 0.3) is 80.7 Å². The molecule has 1 aliphatic carbocycles. The Balaban J connectivity index is 1.02. The third-order valence-corrected chi connectivity index (χ3v) is 12.7. The van der Waals surface area contributed by atoms with Crippen LogP contribution in [0, 0.1) is 5.92 Å². The van der Waals surface area contributed by atoms with Gasteiger partial charge in [0.1, 0.15) is 11.2 Å². The van der Waals surface area contributed by atoms with E-state index in [4.69, 9.17) is 4.42 Å². The van der Waals surface area contributed by atoms with E-state index in [1.54, 1.807) is 0 Å². The lowest BCUT2D eigenvalue weighted by Crippen LogP contribution is -2.35. The summed E-state index contributed by atoms with van der Waals surface area (Å²) in [5.41, 5.74) is 11.5. The summed E-state index contributed by atoms with van der Waals surface area (Å²) in [5.74, 6) is 0.217. The monoisotopic (exact) mass is 735 g/mol. The molecule has 2 aromatic heterocycles. The lowest BCUT2D eigenvalue weighted by Gasteiger charge is -2.37. The van der Waals surface area contributed by atoms with Crippen LogP contribution in [0.4, 0.5) is 11.4 Å². The summed E-state index contributed by atoms with van der Waals surface area (Å²) in [4.78, 5) is 2.52.